The Morgan fingerprint density at radius 2 is 1.61 bits per heavy atom. The number of amides is 2. The van der Waals surface area contributed by atoms with Crippen LogP contribution in [-0.2, 0) is 9.59 Å². The van der Waals surface area contributed by atoms with Crippen LogP contribution in [0.15, 0.2) is 66.7 Å². The summed E-state index contributed by atoms with van der Waals surface area (Å²) in [6.45, 7) is 5.08. The maximum atomic E-state index is 12.5. The van der Waals surface area contributed by atoms with Gasteiger partial charge in [0.25, 0.3) is 11.8 Å². The van der Waals surface area contributed by atoms with Gasteiger partial charge >= 0.3 is 0 Å². The van der Waals surface area contributed by atoms with Gasteiger partial charge in [0, 0.05) is 16.2 Å². The number of nitrogens with one attached hydrogen (secondary N) is 1. The van der Waals surface area contributed by atoms with Crippen molar-refractivity contribution in [3.05, 3.63) is 82.9 Å². The fourth-order valence-corrected chi connectivity index (χ4v) is 2.03. The topological polar surface area (TPSA) is 46.2 Å². The minimum absolute atomic E-state index is 0.275. The summed E-state index contributed by atoms with van der Waals surface area (Å²) in [5.74, 6) is -0.966. The molecule has 2 amide bonds. The van der Waals surface area contributed by atoms with E-state index in [9.17, 15) is 9.59 Å². The molecule has 2 aromatic rings. The van der Waals surface area contributed by atoms with Crippen molar-refractivity contribution in [2.24, 2.45) is 0 Å². The second kappa shape index (κ2) is 7.56. The smallest absolute Gasteiger partial charge is 0.258 e. The number of hydrogen-bond donors (Lipinski definition) is 1. The molecule has 0 aliphatic carbocycles. The Balaban J connectivity index is 2.40. The zero-order valence-electron chi connectivity index (χ0n) is 12.7. The van der Waals surface area contributed by atoms with Crippen LogP contribution in [0.2, 0.25) is 5.02 Å². The third-order valence-electron chi connectivity index (χ3n) is 3.13. The monoisotopic (exact) mass is 325 g/mol. The average Bonchev–Trinajstić information content (AvgIpc) is 2.54. The highest BCUT2D eigenvalue weighted by Gasteiger charge is 2.15. The van der Waals surface area contributed by atoms with Crippen LogP contribution in [-0.4, -0.2) is 11.8 Å². The van der Waals surface area contributed by atoms with Crippen LogP contribution in [0.4, 0.5) is 0 Å². The van der Waals surface area contributed by atoms with E-state index in [0.717, 1.165) is 11.1 Å². The molecule has 0 heterocycles. The predicted molar refractivity (Wildman–Crippen MR) is 93.7 cm³/mol. The first kappa shape index (κ1) is 16.7. The number of imide groups is 1. The molecule has 0 unspecified atom stereocenters. The fraction of sp³-hybridized carbons (Fsp3) is 0.0526. The van der Waals surface area contributed by atoms with E-state index in [-0.39, 0.29) is 5.57 Å². The Morgan fingerprint density at radius 3 is 2.17 bits per heavy atom. The normalized spacial score (nSPS) is 11.0. The van der Waals surface area contributed by atoms with Gasteiger partial charge in [0.2, 0.25) is 0 Å². The lowest BCUT2D eigenvalue weighted by Gasteiger charge is -2.09. The van der Waals surface area contributed by atoms with Crippen LogP contribution in [0.5, 0.6) is 0 Å². The summed E-state index contributed by atoms with van der Waals surface area (Å²) in [6, 6.07) is 16.2. The third-order valence-corrected chi connectivity index (χ3v) is 3.38. The summed E-state index contributed by atoms with van der Waals surface area (Å²) in [4.78, 5) is 24.2. The number of carbonyl (C=O) groups excluding carboxylic acids is 2. The molecule has 2 aromatic carbocycles. The highest BCUT2D eigenvalue weighted by molar-refractivity contribution is 6.31. The second-order valence-electron chi connectivity index (χ2n) is 5.04. The molecule has 0 saturated carbocycles. The number of halogens is 1. The molecule has 0 radical (unpaired) electrons. The second-order valence-corrected chi connectivity index (χ2v) is 5.48. The van der Waals surface area contributed by atoms with Gasteiger partial charge in [0.15, 0.2) is 0 Å². The average molecular weight is 326 g/mol. The number of rotatable bonds is 4. The molecule has 0 spiro atoms. The Morgan fingerprint density at radius 1 is 1.00 bits per heavy atom. The molecule has 0 bridgehead atoms. The molecule has 1 N–H and O–H groups in total. The molecule has 2 rings (SSSR count). The molecule has 0 aliphatic heterocycles. The van der Waals surface area contributed by atoms with Crippen molar-refractivity contribution in [2.75, 3.05) is 0 Å². The van der Waals surface area contributed by atoms with Gasteiger partial charge in [-0.05, 0) is 36.3 Å². The molecule has 4 heteroatoms. The van der Waals surface area contributed by atoms with Crippen LogP contribution in [0.1, 0.15) is 18.1 Å². The van der Waals surface area contributed by atoms with Crippen LogP contribution in [0, 0.1) is 0 Å². The van der Waals surface area contributed by atoms with Crippen molar-refractivity contribution in [3.8, 4) is 0 Å². The summed E-state index contributed by atoms with van der Waals surface area (Å²) < 4.78 is 0. The van der Waals surface area contributed by atoms with Gasteiger partial charge in [-0.3, -0.25) is 14.9 Å². The van der Waals surface area contributed by atoms with Crippen molar-refractivity contribution in [1.29, 1.82) is 0 Å². The van der Waals surface area contributed by atoms with E-state index in [1.54, 1.807) is 37.3 Å². The Bertz CT molecular complexity index is 762. The SMILES string of the molecule is C=C(C)C(=O)NC(=O)/C(=C/c1ccc(Cl)cc1)c1ccccc1. The third kappa shape index (κ3) is 4.66. The van der Waals surface area contributed by atoms with E-state index in [4.69, 9.17) is 11.6 Å². The number of benzene rings is 2. The van der Waals surface area contributed by atoms with E-state index >= 15 is 0 Å². The lowest BCUT2D eigenvalue weighted by molar-refractivity contribution is -0.125. The zero-order valence-corrected chi connectivity index (χ0v) is 13.4. The van der Waals surface area contributed by atoms with Gasteiger partial charge < -0.3 is 0 Å². The quantitative estimate of drug-likeness (QED) is 0.679. The van der Waals surface area contributed by atoms with E-state index in [1.165, 1.54) is 0 Å². The van der Waals surface area contributed by atoms with Crippen molar-refractivity contribution in [2.45, 2.75) is 6.92 Å². The van der Waals surface area contributed by atoms with Gasteiger partial charge in [0.1, 0.15) is 0 Å². The zero-order chi connectivity index (χ0) is 16.8. The lowest BCUT2D eigenvalue weighted by atomic mass is 10.0. The Labute approximate surface area is 140 Å². The number of hydrogen-bond acceptors (Lipinski definition) is 2. The van der Waals surface area contributed by atoms with Gasteiger partial charge in [-0.15, -0.1) is 0 Å². The fourth-order valence-electron chi connectivity index (χ4n) is 1.90. The molecule has 0 fully saturated rings. The largest absolute Gasteiger partial charge is 0.288 e. The molecule has 0 atom stereocenters. The lowest BCUT2D eigenvalue weighted by Crippen LogP contribution is -2.31. The van der Waals surface area contributed by atoms with Crippen LogP contribution in [0.3, 0.4) is 0 Å². The molecular formula is C19H16ClNO2. The van der Waals surface area contributed by atoms with Gasteiger partial charge in [-0.2, -0.15) is 0 Å². The highest BCUT2D eigenvalue weighted by Crippen LogP contribution is 2.20. The molecule has 0 aliphatic rings. The maximum absolute atomic E-state index is 12.5. The van der Waals surface area contributed by atoms with Gasteiger partial charge in [-0.25, -0.2) is 0 Å². The van der Waals surface area contributed by atoms with Crippen LogP contribution >= 0.6 is 11.6 Å². The minimum Gasteiger partial charge on any atom is -0.288 e. The predicted octanol–water partition coefficient (Wildman–Crippen LogP) is 4.10. The summed E-state index contributed by atoms with van der Waals surface area (Å²) in [5, 5.41) is 2.95. The molecule has 3 nitrogen and oxygen atoms in total. The highest BCUT2D eigenvalue weighted by atomic mass is 35.5. The maximum Gasteiger partial charge on any atom is 0.258 e. The molecule has 0 saturated heterocycles. The first-order chi connectivity index (χ1) is 11.0. The molecule has 23 heavy (non-hydrogen) atoms. The Hall–Kier alpha value is -2.65. The standard InChI is InChI=1S/C19H16ClNO2/c1-13(2)18(22)21-19(23)17(15-6-4-3-5-7-15)12-14-8-10-16(20)11-9-14/h3-12H,1H2,2H3,(H,21,22,23)/b17-12+. The van der Waals surface area contributed by atoms with E-state index in [1.807, 2.05) is 30.3 Å². The summed E-state index contributed by atoms with van der Waals surface area (Å²) in [6.07, 6.45) is 1.71. The minimum atomic E-state index is -0.493. The summed E-state index contributed by atoms with van der Waals surface area (Å²) in [5.41, 5.74) is 2.19. The van der Waals surface area contributed by atoms with Crippen molar-refractivity contribution in [3.63, 3.8) is 0 Å². The Kier molecular flexibility index (Phi) is 5.50. The van der Waals surface area contributed by atoms with Crippen LogP contribution < -0.4 is 5.32 Å². The summed E-state index contributed by atoms with van der Waals surface area (Å²) in [7, 11) is 0. The van der Waals surface area contributed by atoms with E-state index in [0.29, 0.717) is 10.6 Å². The molecule has 116 valence electrons. The molecule has 0 aromatic heterocycles. The molecular weight excluding hydrogens is 310 g/mol. The number of carbonyl (C=O) groups is 2. The van der Waals surface area contributed by atoms with Crippen molar-refractivity contribution in [1.82, 2.24) is 5.32 Å². The summed E-state index contributed by atoms with van der Waals surface area (Å²) >= 11 is 5.88. The first-order valence-corrected chi connectivity index (χ1v) is 7.39. The first-order valence-electron chi connectivity index (χ1n) is 7.01. The van der Waals surface area contributed by atoms with Crippen molar-refractivity contribution >= 4 is 35.1 Å². The van der Waals surface area contributed by atoms with E-state index < -0.39 is 11.8 Å². The van der Waals surface area contributed by atoms with E-state index in [2.05, 4.69) is 11.9 Å². The van der Waals surface area contributed by atoms with Gasteiger partial charge in [0.05, 0.1) is 0 Å². The van der Waals surface area contributed by atoms with Crippen LogP contribution in [0.25, 0.3) is 11.6 Å². The van der Waals surface area contributed by atoms with Crippen molar-refractivity contribution < 1.29 is 9.59 Å². The van der Waals surface area contributed by atoms with Gasteiger partial charge in [-0.1, -0.05) is 60.6 Å².